The predicted octanol–water partition coefficient (Wildman–Crippen LogP) is 3.05. The van der Waals surface area contributed by atoms with Crippen molar-refractivity contribution in [2.45, 2.75) is 45.3 Å². The Bertz CT molecular complexity index is 572. The van der Waals surface area contributed by atoms with E-state index >= 15 is 0 Å². The molecule has 1 saturated carbocycles. The van der Waals surface area contributed by atoms with E-state index in [-0.39, 0.29) is 0 Å². The van der Waals surface area contributed by atoms with Gasteiger partial charge in [0.05, 0.1) is 19.3 Å². The highest BCUT2D eigenvalue weighted by molar-refractivity contribution is 5.80. The molecule has 1 unspecified atom stereocenters. The molecule has 1 aliphatic heterocycles. The number of para-hydroxylation sites is 1. The van der Waals surface area contributed by atoms with Gasteiger partial charge in [-0.2, -0.15) is 0 Å². The number of likely N-dealkylation sites (tertiary alicyclic amines) is 1. The van der Waals surface area contributed by atoms with Crippen molar-refractivity contribution in [1.82, 2.24) is 10.2 Å². The summed E-state index contributed by atoms with van der Waals surface area (Å²) < 4.78 is 11.4. The minimum Gasteiger partial charge on any atom is -0.490 e. The van der Waals surface area contributed by atoms with E-state index in [0.717, 1.165) is 43.5 Å². The minimum absolute atomic E-state index is 0.395. The van der Waals surface area contributed by atoms with E-state index in [9.17, 15) is 0 Å². The molecule has 1 N–H and O–H groups in total. The van der Waals surface area contributed by atoms with Crippen LogP contribution in [0.1, 0.15) is 38.2 Å². The third-order valence-electron chi connectivity index (χ3n) is 5.04. The molecule has 0 amide bonds. The fourth-order valence-electron chi connectivity index (χ4n) is 3.40. The Kier molecular flexibility index (Phi) is 6.56. The van der Waals surface area contributed by atoms with Crippen molar-refractivity contribution in [3.05, 3.63) is 29.8 Å². The highest BCUT2D eigenvalue weighted by Crippen LogP contribution is 2.28. The molecule has 0 spiro atoms. The van der Waals surface area contributed by atoms with Gasteiger partial charge in [-0.15, -0.1) is 0 Å². The fourth-order valence-corrected chi connectivity index (χ4v) is 3.40. The first kappa shape index (κ1) is 18.1. The number of guanidine groups is 1. The number of benzene rings is 1. The summed E-state index contributed by atoms with van der Waals surface area (Å²) in [5.41, 5.74) is 1.16. The maximum absolute atomic E-state index is 6.13. The number of hydrogen-bond acceptors (Lipinski definition) is 3. The van der Waals surface area contributed by atoms with E-state index < -0.39 is 0 Å². The quantitative estimate of drug-likeness (QED) is 0.609. The van der Waals surface area contributed by atoms with E-state index in [2.05, 4.69) is 35.3 Å². The van der Waals surface area contributed by atoms with Crippen LogP contribution in [0.2, 0.25) is 0 Å². The smallest absolute Gasteiger partial charge is 0.194 e. The zero-order valence-electron chi connectivity index (χ0n) is 15.5. The van der Waals surface area contributed by atoms with Gasteiger partial charge in [0.15, 0.2) is 5.96 Å². The molecule has 2 aliphatic rings. The van der Waals surface area contributed by atoms with E-state index in [1.165, 1.54) is 25.7 Å². The van der Waals surface area contributed by atoms with Gasteiger partial charge in [-0.05, 0) is 38.7 Å². The summed E-state index contributed by atoms with van der Waals surface area (Å²) in [4.78, 5) is 7.23. The second-order valence-corrected chi connectivity index (χ2v) is 7.00. The van der Waals surface area contributed by atoms with Crippen LogP contribution in [0.5, 0.6) is 5.75 Å². The van der Waals surface area contributed by atoms with Crippen molar-refractivity contribution in [3.63, 3.8) is 0 Å². The molecular formula is C20H31N3O2. The second kappa shape index (κ2) is 9.09. The summed E-state index contributed by atoms with van der Waals surface area (Å²) in [5.74, 6) is 2.59. The number of methoxy groups -OCH3 is 1. The fraction of sp³-hybridized carbons (Fsp3) is 0.650. The molecule has 3 rings (SSSR count). The third-order valence-corrected chi connectivity index (χ3v) is 5.04. The lowest BCUT2D eigenvalue weighted by atomic mass is 9.96. The van der Waals surface area contributed by atoms with E-state index in [4.69, 9.17) is 14.5 Å². The molecule has 138 valence electrons. The lowest BCUT2D eigenvalue weighted by Crippen LogP contribution is -2.40. The highest BCUT2D eigenvalue weighted by Gasteiger charge is 2.25. The van der Waals surface area contributed by atoms with E-state index in [0.29, 0.717) is 18.6 Å². The van der Waals surface area contributed by atoms with Crippen LogP contribution in [-0.2, 0) is 11.3 Å². The average Bonchev–Trinajstić information content (AvgIpc) is 3.04. The first-order valence-electron chi connectivity index (χ1n) is 9.57. The van der Waals surface area contributed by atoms with Gasteiger partial charge < -0.3 is 19.7 Å². The summed E-state index contributed by atoms with van der Waals surface area (Å²) in [7, 11) is 1.78. The van der Waals surface area contributed by atoms with Crippen molar-refractivity contribution >= 4 is 5.96 Å². The van der Waals surface area contributed by atoms with Gasteiger partial charge in [-0.25, -0.2) is 4.99 Å². The zero-order valence-corrected chi connectivity index (χ0v) is 15.5. The van der Waals surface area contributed by atoms with Crippen molar-refractivity contribution in [3.8, 4) is 5.75 Å². The van der Waals surface area contributed by atoms with Gasteiger partial charge in [-0.3, -0.25) is 0 Å². The van der Waals surface area contributed by atoms with Crippen molar-refractivity contribution < 1.29 is 9.47 Å². The van der Waals surface area contributed by atoms with Crippen molar-refractivity contribution in [2.24, 2.45) is 10.9 Å². The SMILES string of the molecule is CCNC(=NCc1ccccc1OC1CCC1)N1CCC(COC)C1. The number of nitrogens with one attached hydrogen (secondary N) is 1. The molecule has 0 aromatic heterocycles. The Morgan fingerprint density at radius 1 is 1.28 bits per heavy atom. The summed E-state index contributed by atoms with van der Waals surface area (Å²) in [6, 6.07) is 8.30. The molecule has 25 heavy (non-hydrogen) atoms. The summed E-state index contributed by atoms with van der Waals surface area (Å²) in [6.45, 7) is 6.53. The van der Waals surface area contributed by atoms with Gasteiger partial charge in [0.25, 0.3) is 0 Å². The summed E-state index contributed by atoms with van der Waals surface area (Å²) in [6.07, 6.45) is 5.20. The third kappa shape index (κ3) is 4.88. The maximum Gasteiger partial charge on any atom is 0.194 e. The topological polar surface area (TPSA) is 46.1 Å². The zero-order chi connectivity index (χ0) is 17.5. The number of rotatable bonds is 7. The molecule has 1 aromatic carbocycles. The normalized spacial score (nSPS) is 21.3. The van der Waals surface area contributed by atoms with Crippen molar-refractivity contribution in [1.29, 1.82) is 0 Å². The number of hydrogen-bond donors (Lipinski definition) is 1. The Morgan fingerprint density at radius 3 is 2.84 bits per heavy atom. The van der Waals surface area contributed by atoms with E-state index in [1.807, 2.05) is 6.07 Å². The van der Waals surface area contributed by atoms with Gasteiger partial charge in [0.1, 0.15) is 5.75 Å². The van der Waals surface area contributed by atoms with Crippen LogP contribution in [0.3, 0.4) is 0 Å². The van der Waals surface area contributed by atoms with Crippen LogP contribution in [0.25, 0.3) is 0 Å². The Labute approximate surface area is 151 Å². The minimum atomic E-state index is 0.395. The summed E-state index contributed by atoms with van der Waals surface area (Å²) in [5, 5.41) is 3.43. The second-order valence-electron chi connectivity index (χ2n) is 7.00. The first-order valence-corrected chi connectivity index (χ1v) is 9.57. The molecule has 0 bridgehead atoms. The standard InChI is InChI=1S/C20H31N3O2/c1-3-21-20(23-12-11-16(14-23)15-24-2)22-13-17-7-4-5-10-19(17)25-18-8-6-9-18/h4-5,7,10,16,18H,3,6,8-9,11-15H2,1-2H3,(H,21,22). The predicted molar refractivity (Wildman–Crippen MR) is 101 cm³/mol. The lowest BCUT2D eigenvalue weighted by molar-refractivity contribution is 0.119. The monoisotopic (exact) mass is 345 g/mol. The number of ether oxygens (including phenoxy) is 2. The average molecular weight is 345 g/mol. The molecule has 5 nitrogen and oxygen atoms in total. The van der Waals surface area contributed by atoms with Crippen molar-refractivity contribution in [2.75, 3.05) is 33.4 Å². The molecular weight excluding hydrogens is 314 g/mol. The van der Waals surface area contributed by atoms with Gasteiger partial charge in [0, 0.05) is 38.2 Å². The molecule has 1 aromatic rings. The number of nitrogens with zero attached hydrogens (tertiary/aromatic N) is 2. The van der Waals surface area contributed by atoms with Gasteiger partial charge >= 0.3 is 0 Å². The van der Waals surface area contributed by atoms with Crippen LogP contribution >= 0.6 is 0 Å². The Balaban J connectivity index is 1.65. The maximum atomic E-state index is 6.13. The summed E-state index contributed by atoms with van der Waals surface area (Å²) >= 11 is 0. The molecule has 1 atom stereocenters. The van der Waals surface area contributed by atoms with Gasteiger partial charge in [-0.1, -0.05) is 18.2 Å². The van der Waals surface area contributed by atoms with Crippen LogP contribution < -0.4 is 10.1 Å². The first-order chi connectivity index (χ1) is 12.3. The molecule has 0 radical (unpaired) electrons. The van der Waals surface area contributed by atoms with Gasteiger partial charge in [0.2, 0.25) is 0 Å². The Morgan fingerprint density at radius 2 is 2.12 bits per heavy atom. The molecule has 1 saturated heterocycles. The largest absolute Gasteiger partial charge is 0.490 e. The van der Waals surface area contributed by atoms with E-state index in [1.54, 1.807) is 7.11 Å². The number of aliphatic imine (C=N–C) groups is 1. The lowest BCUT2D eigenvalue weighted by Gasteiger charge is -2.27. The van der Waals surface area contributed by atoms with Crippen LogP contribution in [0.15, 0.2) is 29.3 Å². The van der Waals surface area contributed by atoms with Crippen LogP contribution in [0, 0.1) is 5.92 Å². The molecule has 1 heterocycles. The molecule has 1 aliphatic carbocycles. The highest BCUT2D eigenvalue weighted by atomic mass is 16.5. The Hall–Kier alpha value is -1.75. The molecule has 2 fully saturated rings. The molecule has 5 heteroatoms. The van der Waals surface area contributed by atoms with Crippen LogP contribution in [-0.4, -0.2) is 50.3 Å². The van der Waals surface area contributed by atoms with Crippen LogP contribution in [0.4, 0.5) is 0 Å².